The average Bonchev–Trinajstić information content (AvgIpc) is 1.75. The van der Waals surface area contributed by atoms with Gasteiger partial charge in [0.15, 0.2) is 12.2 Å². The number of hydrogen-bond donors (Lipinski definition) is 21. The quantitative estimate of drug-likeness (QED) is 0.0220. The summed E-state index contributed by atoms with van der Waals surface area (Å²) < 4.78 is 10.7. The molecule has 0 saturated carbocycles. The molecule has 1 saturated heterocycles. The third-order valence-corrected chi connectivity index (χ3v) is 19.1. The first-order valence-corrected chi connectivity index (χ1v) is 38.0. The molecule has 1 aromatic carbocycles. The maximum absolute atomic E-state index is 15.0. The van der Waals surface area contributed by atoms with Crippen LogP contribution >= 0.6 is 0 Å². The van der Waals surface area contributed by atoms with E-state index in [1.807, 2.05) is 10.6 Å². The van der Waals surface area contributed by atoms with Gasteiger partial charge in [0.2, 0.25) is 88.6 Å². The van der Waals surface area contributed by atoms with Crippen molar-refractivity contribution in [1.82, 2.24) is 73.7 Å². The molecule has 16 atom stereocenters. The molecule has 0 bridgehead atoms. The Morgan fingerprint density at radius 1 is 0.615 bits per heavy atom. The number of nitrogens with two attached hydrogens (primary N) is 3. The Morgan fingerprint density at radius 2 is 1.21 bits per heavy atom. The van der Waals surface area contributed by atoms with Crippen molar-refractivity contribution in [2.75, 3.05) is 33.8 Å². The summed E-state index contributed by atoms with van der Waals surface area (Å²) in [5.74, 6) is -29.0. The summed E-state index contributed by atoms with van der Waals surface area (Å²) in [5.41, 5.74) is 17.8. The fourth-order valence-electron chi connectivity index (χ4n) is 12.0. The highest BCUT2D eigenvalue weighted by molar-refractivity contribution is 6.02. The van der Waals surface area contributed by atoms with Gasteiger partial charge in [0.25, 0.3) is 0 Å². The minimum absolute atomic E-state index is 0.00540. The van der Waals surface area contributed by atoms with E-state index in [0.717, 1.165) is 53.7 Å². The monoisotopic (exact) mass is 1660 g/mol. The fraction of sp³-hybridized carbons (Fsp3) is 0.616. The van der Waals surface area contributed by atoms with Gasteiger partial charge in [0.1, 0.15) is 72.6 Å². The molecule has 1 aliphatic heterocycles. The molecule has 1 aromatic heterocycles. The van der Waals surface area contributed by atoms with Crippen molar-refractivity contribution in [3.63, 3.8) is 0 Å². The zero-order chi connectivity index (χ0) is 88.1. The zero-order valence-corrected chi connectivity index (χ0v) is 66.4. The molecular weight excluding hydrogens is 1550 g/mol. The van der Waals surface area contributed by atoms with Crippen molar-refractivity contribution < 1.29 is 131 Å². The van der Waals surface area contributed by atoms with Gasteiger partial charge < -0.3 is 126 Å². The number of nitrogens with one attached hydrogen (secondary N) is 13. The topological polar surface area (TPSA) is 702 Å². The number of aliphatic carboxylic acids is 4. The molecular formula is C73H111N17O27. The third-order valence-electron chi connectivity index (χ3n) is 19.1. The van der Waals surface area contributed by atoms with Gasteiger partial charge >= 0.3 is 29.8 Å². The highest BCUT2D eigenvalue weighted by Crippen LogP contribution is 2.22. The molecule has 650 valence electrons. The number of rotatable bonds is 38. The molecule has 24 N–H and O–H groups in total. The summed E-state index contributed by atoms with van der Waals surface area (Å²) in [6.07, 6.45) is -6.91. The number of carboxylic acid groups (broad SMARTS) is 4. The van der Waals surface area contributed by atoms with Crippen molar-refractivity contribution in [2.24, 2.45) is 29.0 Å². The lowest BCUT2D eigenvalue weighted by atomic mass is 9.98. The van der Waals surface area contributed by atoms with Crippen LogP contribution in [-0.4, -0.2) is 272 Å². The third kappa shape index (κ3) is 33.8. The number of aromatic nitrogens is 1. The van der Waals surface area contributed by atoms with Crippen LogP contribution in [-0.2, 0) is 112 Å². The van der Waals surface area contributed by atoms with Crippen LogP contribution in [0.1, 0.15) is 156 Å². The highest BCUT2D eigenvalue weighted by Gasteiger charge is 2.44. The van der Waals surface area contributed by atoms with Crippen LogP contribution < -0.4 is 81.0 Å². The van der Waals surface area contributed by atoms with Gasteiger partial charge in [-0.2, -0.15) is 0 Å². The number of ether oxygens (including phenoxy) is 2. The van der Waals surface area contributed by atoms with Crippen LogP contribution in [0.2, 0.25) is 0 Å². The Bertz CT molecular complexity index is 3880. The average molecular weight is 1660 g/mol. The SMILES string of the molecule is CCC(C)CCCCCCC(=O)N[C@@H](Cc1c[nH]c2ccccc12)C(=O)N[C@H](CCC(=O)O)C(=O)N[C@H](C(=O)N[C@@H]1C(=O)N(C)CC(=O)N[C@@H](C)C(=O)N[C@@H](CC(=O)O)C(=O)N[C@H](CCCCN)C(=O)N[C@@H](C(OC)C(=O)O)C(=O)NCC(=O)N[C@H](CC(N)=O)C(=O)N[C@@H](CCC(=O)O)C(=O)N[C@@H]([C@@H](C)CC)C(=O)O[C@@H]1C)C(O)C(N)=O. The Hall–Kier alpha value is -12.0. The molecule has 1 aliphatic rings. The molecule has 0 radical (unpaired) electrons. The van der Waals surface area contributed by atoms with Gasteiger partial charge in [-0.25, -0.2) is 9.59 Å². The molecule has 2 heterocycles. The molecule has 2 aromatic rings. The van der Waals surface area contributed by atoms with Crippen LogP contribution in [0.25, 0.3) is 10.9 Å². The number of amides is 15. The number of carboxylic acids is 4. The predicted octanol–water partition coefficient (Wildman–Crippen LogP) is -5.83. The molecule has 1 fully saturated rings. The van der Waals surface area contributed by atoms with E-state index in [4.69, 9.17) is 26.7 Å². The number of likely N-dealkylation sites (N-methyl/N-ethyl adjacent to an activating group) is 1. The number of primary amides is 2. The molecule has 3 rings (SSSR count). The van der Waals surface area contributed by atoms with Gasteiger partial charge in [-0.05, 0) is 82.4 Å². The van der Waals surface area contributed by atoms with Crippen LogP contribution in [0.5, 0.6) is 0 Å². The van der Waals surface area contributed by atoms with E-state index in [1.54, 1.807) is 30.5 Å². The molecule has 44 nitrogen and oxygen atoms in total. The predicted molar refractivity (Wildman–Crippen MR) is 408 cm³/mol. The van der Waals surface area contributed by atoms with Gasteiger partial charge in [0.05, 0.1) is 25.9 Å². The zero-order valence-electron chi connectivity index (χ0n) is 66.4. The lowest BCUT2D eigenvalue weighted by Gasteiger charge is -2.32. The molecule has 3 unspecified atom stereocenters. The summed E-state index contributed by atoms with van der Waals surface area (Å²) in [7, 11) is 1.70. The van der Waals surface area contributed by atoms with Crippen LogP contribution in [0.15, 0.2) is 30.5 Å². The van der Waals surface area contributed by atoms with Crippen molar-refractivity contribution in [3.05, 3.63) is 36.0 Å². The second-order valence-corrected chi connectivity index (χ2v) is 28.4. The number of aromatic amines is 1. The minimum atomic E-state index is -2.80. The first-order chi connectivity index (χ1) is 55.1. The van der Waals surface area contributed by atoms with Crippen molar-refractivity contribution in [2.45, 2.75) is 242 Å². The van der Waals surface area contributed by atoms with E-state index in [-0.39, 0.29) is 45.1 Å². The number of aliphatic hydroxyl groups is 1. The van der Waals surface area contributed by atoms with E-state index in [9.17, 15) is 121 Å². The number of methoxy groups -OCH3 is 1. The number of fused-ring (bicyclic) bond motifs is 1. The number of carbonyl (C=O) groups excluding carboxylic acids is 16. The second kappa shape index (κ2) is 49.7. The van der Waals surface area contributed by atoms with Crippen LogP contribution in [0.4, 0.5) is 0 Å². The summed E-state index contributed by atoms with van der Waals surface area (Å²) in [5, 5.41) is 78.1. The molecule has 44 heteroatoms. The maximum Gasteiger partial charge on any atom is 0.335 e. The van der Waals surface area contributed by atoms with Crippen molar-refractivity contribution >= 4 is 129 Å². The molecule has 117 heavy (non-hydrogen) atoms. The van der Waals surface area contributed by atoms with Crippen molar-refractivity contribution in [3.8, 4) is 0 Å². The van der Waals surface area contributed by atoms with Crippen molar-refractivity contribution in [1.29, 1.82) is 0 Å². The van der Waals surface area contributed by atoms with E-state index in [2.05, 4.69) is 72.0 Å². The lowest BCUT2D eigenvalue weighted by Crippen LogP contribution is -2.64. The van der Waals surface area contributed by atoms with Gasteiger partial charge in [-0.1, -0.05) is 84.4 Å². The number of nitrogens with zero attached hydrogens (tertiary/aromatic N) is 1. The van der Waals surface area contributed by atoms with E-state index in [0.29, 0.717) is 40.1 Å². The van der Waals surface area contributed by atoms with Gasteiger partial charge in [0, 0.05) is 56.9 Å². The summed E-state index contributed by atoms with van der Waals surface area (Å²) in [6, 6.07) is -15.7. The second-order valence-electron chi connectivity index (χ2n) is 28.4. The Kier molecular flexibility index (Phi) is 42.2. The summed E-state index contributed by atoms with van der Waals surface area (Å²) in [6.45, 7) is 6.67. The Labute approximate surface area is 672 Å². The normalized spacial score (nSPS) is 22.0. The number of esters is 1. The number of H-pyrrole nitrogens is 1. The Morgan fingerprint density at radius 3 is 1.79 bits per heavy atom. The van der Waals surface area contributed by atoms with Crippen LogP contribution in [0, 0.1) is 11.8 Å². The van der Waals surface area contributed by atoms with Gasteiger partial charge in [-0.15, -0.1) is 0 Å². The van der Waals surface area contributed by atoms with Gasteiger partial charge in [-0.3, -0.25) is 86.3 Å². The number of hydrogen-bond acceptors (Lipinski definition) is 24. The minimum Gasteiger partial charge on any atom is -0.481 e. The fourth-order valence-corrected chi connectivity index (χ4v) is 12.0. The number of cyclic esters (lactones) is 1. The standard InChI is InChI=1S/C73H111N17O27/c1-9-35(3)19-13-11-12-14-23-49(92)80-45(29-39-32-77-41-21-16-15-20-40(39)41)66(107)83-44(25-27-53(97)98)65(106)88-57(59(101)61(76)102)70(111)87-56-38(6)117-73(115)55(36(4)10-2)86-64(105)43(24-26-52(95)96)84-67(108)46(30-48(75)91)81-50(93)33-78-69(110)58(60(116-8)72(113)114)89-63(104)42(22-17-18-28-74)82-68(109)47(31-54(99)100)85-62(103)37(5)79-51(94)34-90(7)71(56)112/h15-16,20-21,32,35-38,42-47,55-60,77,101H,9-14,17-19,22-31,33-34,74H2,1-8H3,(H2,75,91)(H2,76,102)(H,78,110)(H,79,94)(H,80,92)(H,81,93)(H,82,109)(H,83,107)(H,84,108)(H,85,103)(H,86,105)(H,87,111)(H,88,106)(H,89,104)(H,95,96)(H,97,98)(H,99,100)(H,113,114)/t35?,36-,37-,38+,42+,43-,44+,45-,46+,47-,55-,56-,57-,58-,59?,60?/m0/s1. The number of carbonyl (C=O) groups is 20. The van der Waals surface area contributed by atoms with E-state index in [1.165, 1.54) is 13.8 Å². The largest absolute Gasteiger partial charge is 0.481 e. The first-order valence-electron chi connectivity index (χ1n) is 38.0. The number of benzene rings is 1. The number of aliphatic hydroxyl groups excluding tert-OH is 1. The molecule has 0 spiro atoms. The van der Waals surface area contributed by atoms with Crippen LogP contribution in [0.3, 0.4) is 0 Å². The molecule has 0 aliphatic carbocycles. The highest BCUT2D eigenvalue weighted by atomic mass is 16.5. The van der Waals surface area contributed by atoms with E-state index >= 15 is 0 Å². The summed E-state index contributed by atoms with van der Waals surface area (Å²) >= 11 is 0. The summed E-state index contributed by atoms with van der Waals surface area (Å²) in [4.78, 5) is 277. The van der Waals surface area contributed by atoms with E-state index < -0.39 is 261 Å². The molecule has 15 amide bonds. The smallest absolute Gasteiger partial charge is 0.335 e. The number of para-hydroxylation sites is 1. The Balaban J connectivity index is 2.28. The number of unbranched alkanes of at least 4 members (excludes halogenated alkanes) is 4. The first kappa shape index (κ1) is 99.2. The maximum atomic E-state index is 15.0. The lowest BCUT2D eigenvalue weighted by molar-refractivity contribution is -0.159.